The third-order valence-corrected chi connectivity index (χ3v) is 5.54. The van der Waals surface area contributed by atoms with E-state index in [4.69, 9.17) is 16.3 Å². The van der Waals surface area contributed by atoms with Gasteiger partial charge in [0.2, 0.25) is 0 Å². The number of aromatic nitrogens is 2. The summed E-state index contributed by atoms with van der Waals surface area (Å²) in [6.07, 6.45) is 8.95. The Morgan fingerprint density at radius 1 is 1.27 bits per heavy atom. The zero-order valence-electron chi connectivity index (χ0n) is 14.0. The Morgan fingerprint density at radius 3 is 2.96 bits per heavy atom. The standard InChI is InChI=1S/C20H17ClN2O2S/c21-19-6-4-17(26-19)12-15-2-1-14-11-16(3-5-18(14)20(15)24)25-10-9-23-8-7-22-13-23/h3-8,11-13H,1-2,9-10H2. The average molecular weight is 385 g/mol. The molecule has 0 unspecified atom stereocenters. The minimum atomic E-state index is 0.0979. The number of hydrogen-bond donors (Lipinski definition) is 0. The van der Waals surface area contributed by atoms with Crippen molar-refractivity contribution < 1.29 is 9.53 Å². The lowest BCUT2D eigenvalue weighted by Gasteiger charge is -2.18. The van der Waals surface area contributed by atoms with E-state index in [1.165, 1.54) is 11.3 Å². The van der Waals surface area contributed by atoms with Crippen LogP contribution < -0.4 is 4.74 Å². The molecule has 2 heterocycles. The predicted molar refractivity (Wildman–Crippen MR) is 104 cm³/mol. The first kappa shape index (κ1) is 17.1. The van der Waals surface area contributed by atoms with Crippen molar-refractivity contribution in [3.8, 4) is 5.75 Å². The summed E-state index contributed by atoms with van der Waals surface area (Å²) in [6, 6.07) is 9.53. The number of fused-ring (bicyclic) bond motifs is 1. The van der Waals surface area contributed by atoms with Crippen LogP contribution in [0.1, 0.15) is 27.2 Å². The Hall–Kier alpha value is -2.37. The molecule has 0 saturated heterocycles. The zero-order chi connectivity index (χ0) is 17.9. The van der Waals surface area contributed by atoms with Gasteiger partial charge in [0.25, 0.3) is 0 Å². The van der Waals surface area contributed by atoms with Gasteiger partial charge in [0, 0.05) is 28.4 Å². The number of aryl methyl sites for hydroxylation is 1. The van der Waals surface area contributed by atoms with Gasteiger partial charge in [-0.3, -0.25) is 4.79 Å². The fraction of sp³-hybridized carbons (Fsp3) is 0.200. The summed E-state index contributed by atoms with van der Waals surface area (Å²) in [6.45, 7) is 1.31. The predicted octanol–water partition coefficient (Wildman–Crippen LogP) is 4.89. The maximum Gasteiger partial charge on any atom is 0.189 e. The molecule has 1 aromatic carbocycles. The van der Waals surface area contributed by atoms with E-state index in [0.717, 1.165) is 51.0 Å². The maximum absolute atomic E-state index is 12.8. The highest BCUT2D eigenvalue weighted by Gasteiger charge is 2.22. The molecule has 0 atom stereocenters. The highest BCUT2D eigenvalue weighted by atomic mass is 35.5. The molecule has 0 aliphatic heterocycles. The number of imidazole rings is 1. The van der Waals surface area contributed by atoms with Crippen LogP contribution in [0.2, 0.25) is 4.34 Å². The summed E-state index contributed by atoms with van der Waals surface area (Å²) in [5.74, 6) is 0.898. The number of carbonyl (C=O) groups excluding carboxylic acids is 1. The highest BCUT2D eigenvalue weighted by molar-refractivity contribution is 7.17. The van der Waals surface area contributed by atoms with E-state index in [9.17, 15) is 4.79 Å². The van der Waals surface area contributed by atoms with E-state index >= 15 is 0 Å². The molecule has 0 saturated carbocycles. The van der Waals surface area contributed by atoms with Gasteiger partial charge < -0.3 is 9.30 Å². The summed E-state index contributed by atoms with van der Waals surface area (Å²) in [5, 5.41) is 0. The number of halogens is 1. The number of allylic oxidation sites excluding steroid dienone is 1. The van der Waals surface area contributed by atoms with E-state index < -0.39 is 0 Å². The second kappa shape index (κ2) is 7.48. The van der Waals surface area contributed by atoms with Crippen LogP contribution in [0.3, 0.4) is 0 Å². The molecule has 4 rings (SSSR count). The first-order valence-electron chi connectivity index (χ1n) is 8.41. The Morgan fingerprint density at radius 2 is 2.19 bits per heavy atom. The summed E-state index contributed by atoms with van der Waals surface area (Å²) < 4.78 is 8.52. The van der Waals surface area contributed by atoms with Crippen molar-refractivity contribution in [3.63, 3.8) is 0 Å². The average Bonchev–Trinajstić information content (AvgIpc) is 3.29. The van der Waals surface area contributed by atoms with Crippen LogP contribution in [-0.4, -0.2) is 21.9 Å². The normalized spacial score (nSPS) is 15.3. The number of Topliss-reactive ketones (excluding diaryl/α,β-unsaturated/α-hetero) is 1. The zero-order valence-corrected chi connectivity index (χ0v) is 15.6. The van der Waals surface area contributed by atoms with Crippen LogP contribution in [0, 0.1) is 0 Å². The maximum atomic E-state index is 12.8. The summed E-state index contributed by atoms with van der Waals surface area (Å²) in [5.41, 5.74) is 2.66. The molecule has 0 bridgehead atoms. The van der Waals surface area contributed by atoms with Crippen molar-refractivity contribution in [3.05, 3.63) is 75.0 Å². The van der Waals surface area contributed by atoms with Gasteiger partial charge >= 0.3 is 0 Å². The molecule has 2 aromatic heterocycles. The van der Waals surface area contributed by atoms with Crippen LogP contribution in [0.15, 0.2) is 54.6 Å². The van der Waals surface area contributed by atoms with Crippen LogP contribution in [0.25, 0.3) is 6.08 Å². The number of nitrogens with zero attached hydrogens (tertiary/aromatic N) is 2. The van der Waals surface area contributed by atoms with Gasteiger partial charge in [-0.15, -0.1) is 11.3 Å². The van der Waals surface area contributed by atoms with Gasteiger partial charge in [-0.05, 0) is 54.8 Å². The second-order valence-electron chi connectivity index (χ2n) is 6.11. The molecule has 4 nitrogen and oxygen atoms in total. The molecule has 0 radical (unpaired) electrons. The van der Waals surface area contributed by atoms with Gasteiger partial charge in [-0.1, -0.05) is 11.6 Å². The van der Waals surface area contributed by atoms with E-state index in [-0.39, 0.29) is 5.78 Å². The van der Waals surface area contributed by atoms with Gasteiger partial charge in [-0.25, -0.2) is 4.98 Å². The Labute approximate surface area is 160 Å². The van der Waals surface area contributed by atoms with Crippen molar-refractivity contribution in [2.75, 3.05) is 6.61 Å². The second-order valence-corrected chi connectivity index (χ2v) is 7.86. The molecule has 0 fully saturated rings. The molecule has 1 aliphatic carbocycles. The monoisotopic (exact) mass is 384 g/mol. The van der Waals surface area contributed by atoms with E-state index in [1.807, 2.05) is 47.2 Å². The van der Waals surface area contributed by atoms with E-state index in [1.54, 1.807) is 12.5 Å². The number of ether oxygens (including phenoxy) is 1. The van der Waals surface area contributed by atoms with Gasteiger partial charge in [0.05, 0.1) is 17.2 Å². The number of carbonyl (C=O) groups is 1. The number of rotatable bonds is 5. The lowest BCUT2D eigenvalue weighted by Crippen LogP contribution is -2.14. The molecular weight excluding hydrogens is 368 g/mol. The fourth-order valence-corrected chi connectivity index (χ4v) is 4.08. The SMILES string of the molecule is O=C1C(=Cc2ccc(Cl)s2)CCc2cc(OCCn3ccnc3)ccc21. The van der Waals surface area contributed by atoms with Crippen molar-refractivity contribution in [2.24, 2.45) is 0 Å². The minimum Gasteiger partial charge on any atom is -0.492 e. The van der Waals surface area contributed by atoms with Gasteiger partial charge in [0.15, 0.2) is 5.78 Å². The highest BCUT2D eigenvalue weighted by Crippen LogP contribution is 2.31. The third kappa shape index (κ3) is 3.74. The van der Waals surface area contributed by atoms with Crippen molar-refractivity contribution >= 4 is 34.8 Å². The number of benzene rings is 1. The fourth-order valence-electron chi connectivity index (χ4n) is 3.05. The summed E-state index contributed by atoms with van der Waals surface area (Å²) in [7, 11) is 0. The van der Waals surface area contributed by atoms with Gasteiger partial charge in [-0.2, -0.15) is 0 Å². The largest absolute Gasteiger partial charge is 0.492 e. The number of thiophene rings is 1. The lowest BCUT2D eigenvalue weighted by atomic mass is 9.86. The van der Waals surface area contributed by atoms with Crippen molar-refractivity contribution in [1.82, 2.24) is 9.55 Å². The first-order chi connectivity index (χ1) is 12.7. The van der Waals surface area contributed by atoms with Crippen LogP contribution in [0.5, 0.6) is 5.75 Å². The Balaban J connectivity index is 1.46. The number of hydrogen-bond acceptors (Lipinski definition) is 4. The molecule has 3 aromatic rings. The summed E-state index contributed by atoms with van der Waals surface area (Å²) >= 11 is 7.46. The minimum absolute atomic E-state index is 0.0979. The molecule has 0 amide bonds. The van der Waals surface area contributed by atoms with Crippen LogP contribution in [-0.2, 0) is 13.0 Å². The van der Waals surface area contributed by atoms with Crippen LogP contribution in [0.4, 0.5) is 0 Å². The molecule has 1 aliphatic rings. The molecule has 0 N–H and O–H groups in total. The molecule has 6 heteroatoms. The van der Waals surface area contributed by atoms with E-state index in [2.05, 4.69) is 4.98 Å². The number of ketones is 1. The van der Waals surface area contributed by atoms with Crippen molar-refractivity contribution in [1.29, 1.82) is 0 Å². The third-order valence-electron chi connectivity index (χ3n) is 4.36. The first-order valence-corrected chi connectivity index (χ1v) is 9.60. The Kier molecular flexibility index (Phi) is 4.91. The van der Waals surface area contributed by atoms with Crippen molar-refractivity contribution in [2.45, 2.75) is 19.4 Å². The quantitative estimate of drug-likeness (QED) is 0.588. The lowest BCUT2D eigenvalue weighted by molar-refractivity contribution is 0.102. The summed E-state index contributed by atoms with van der Waals surface area (Å²) in [4.78, 5) is 17.8. The van der Waals surface area contributed by atoms with Gasteiger partial charge in [0.1, 0.15) is 12.4 Å². The topological polar surface area (TPSA) is 44.1 Å². The van der Waals surface area contributed by atoms with Crippen LogP contribution >= 0.6 is 22.9 Å². The molecule has 132 valence electrons. The van der Waals surface area contributed by atoms with E-state index in [0.29, 0.717) is 6.61 Å². The smallest absolute Gasteiger partial charge is 0.189 e. The molecular formula is C20H17ClN2O2S. The molecule has 26 heavy (non-hydrogen) atoms. The molecule has 0 spiro atoms. The Bertz CT molecular complexity index is 960.